The second-order valence-corrected chi connectivity index (χ2v) is 3.53. The van der Waals surface area contributed by atoms with Crippen LogP contribution in [0, 0.1) is 0 Å². The molecule has 0 spiro atoms. The highest BCUT2D eigenvalue weighted by molar-refractivity contribution is 5.79. The molecule has 0 fully saturated rings. The summed E-state index contributed by atoms with van der Waals surface area (Å²) in [5, 5.41) is 8.27. The topological polar surface area (TPSA) is 55.8 Å². The summed E-state index contributed by atoms with van der Waals surface area (Å²) >= 11 is 0. The molecule has 0 saturated heterocycles. The minimum atomic E-state index is -0.953. The van der Waals surface area contributed by atoms with Crippen LogP contribution in [0.4, 0.5) is 0 Å². The van der Waals surface area contributed by atoms with Crippen LogP contribution in [0.2, 0.25) is 0 Å². The fourth-order valence-corrected chi connectivity index (χ4v) is 0.720. The number of aliphatic carboxylic acids is 1. The summed E-state index contributed by atoms with van der Waals surface area (Å²) in [4.78, 5) is 10.1. The fraction of sp³-hybridized carbons (Fsp3) is 0.700. The maximum Gasteiger partial charge on any atom is 0.328 e. The van der Waals surface area contributed by atoms with Crippen LogP contribution in [0.15, 0.2) is 12.2 Å². The molecular formula is C10H18O4. The van der Waals surface area contributed by atoms with Gasteiger partial charge < -0.3 is 14.6 Å². The molecule has 0 amide bonds. The number of carbonyl (C=O) groups is 1. The first-order chi connectivity index (χ1) is 6.48. The third-order valence-electron chi connectivity index (χ3n) is 1.88. The van der Waals surface area contributed by atoms with Gasteiger partial charge >= 0.3 is 5.97 Å². The van der Waals surface area contributed by atoms with E-state index in [4.69, 9.17) is 14.6 Å². The summed E-state index contributed by atoms with van der Waals surface area (Å²) in [6, 6.07) is 0. The summed E-state index contributed by atoms with van der Waals surface area (Å²) < 4.78 is 10.4. The number of rotatable bonds is 7. The van der Waals surface area contributed by atoms with Gasteiger partial charge in [-0.1, -0.05) is 6.08 Å². The van der Waals surface area contributed by atoms with Gasteiger partial charge in [-0.05, 0) is 20.3 Å². The van der Waals surface area contributed by atoms with Gasteiger partial charge in [0.25, 0.3) is 0 Å². The van der Waals surface area contributed by atoms with Gasteiger partial charge in [-0.3, -0.25) is 0 Å². The van der Waals surface area contributed by atoms with Gasteiger partial charge in [0, 0.05) is 19.8 Å². The Morgan fingerprint density at radius 1 is 1.50 bits per heavy atom. The van der Waals surface area contributed by atoms with E-state index >= 15 is 0 Å². The Labute approximate surface area is 84.5 Å². The van der Waals surface area contributed by atoms with Crippen molar-refractivity contribution in [2.75, 3.05) is 20.3 Å². The molecule has 4 nitrogen and oxygen atoms in total. The molecule has 0 aliphatic rings. The molecule has 1 N–H and O–H groups in total. The summed E-state index contributed by atoms with van der Waals surface area (Å²) in [7, 11) is 1.66. The van der Waals surface area contributed by atoms with Crippen molar-refractivity contribution < 1.29 is 19.4 Å². The summed E-state index contributed by atoms with van der Waals surface area (Å²) in [5.74, 6) is -0.953. The lowest BCUT2D eigenvalue weighted by molar-refractivity contribution is -0.131. The number of hydrogen-bond acceptors (Lipinski definition) is 3. The highest BCUT2D eigenvalue weighted by Gasteiger charge is 2.15. The SMILES string of the molecule is COC(C)(C)CCOC/C=C/C(=O)O. The molecule has 0 aromatic carbocycles. The molecule has 4 heteroatoms. The van der Waals surface area contributed by atoms with Crippen LogP contribution in [0.1, 0.15) is 20.3 Å². The van der Waals surface area contributed by atoms with Crippen LogP contribution in [0.25, 0.3) is 0 Å². The van der Waals surface area contributed by atoms with Crippen LogP contribution < -0.4 is 0 Å². The first kappa shape index (κ1) is 13.1. The number of carboxylic acid groups (broad SMARTS) is 1. The Morgan fingerprint density at radius 3 is 2.64 bits per heavy atom. The van der Waals surface area contributed by atoms with Gasteiger partial charge in [0.05, 0.1) is 12.2 Å². The molecule has 0 unspecified atom stereocenters. The van der Waals surface area contributed by atoms with E-state index in [1.165, 1.54) is 6.08 Å². The molecule has 14 heavy (non-hydrogen) atoms. The van der Waals surface area contributed by atoms with Gasteiger partial charge in [0.2, 0.25) is 0 Å². The second-order valence-electron chi connectivity index (χ2n) is 3.53. The van der Waals surface area contributed by atoms with E-state index < -0.39 is 5.97 Å². The average Bonchev–Trinajstić information content (AvgIpc) is 2.10. The molecule has 0 heterocycles. The van der Waals surface area contributed by atoms with Crippen LogP contribution in [0.3, 0.4) is 0 Å². The largest absolute Gasteiger partial charge is 0.478 e. The van der Waals surface area contributed by atoms with Crippen molar-refractivity contribution >= 4 is 5.97 Å². The van der Waals surface area contributed by atoms with Crippen molar-refractivity contribution in [2.24, 2.45) is 0 Å². The van der Waals surface area contributed by atoms with Crippen LogP contribution >= 0.6 is 0 Å². The molecule has 0 aliphatic carbocycles. The monoisotopic (exact) mass is 202 g/mol. The van der Waals surface area contributed by atoms with Gasteiger partial charge in [-0.25, -0.2) is 4.79 Å². The van der Waals surface area contributed by atoms with Crippen molar-refractivity contribution in [3.05, 3.63) is 12.2 Å². The smallest absolute Gasteiger partial charge is 0.328 e. The molecule has 0 rings (SSSR count). The molecule has 0 aromatic heterocycles. The predicted molar refractivity (Wildman–Crippen MR) is 53.3 cm³/mol. The average molecular weight is 202 g/mol. The first-order valence-corrected chi connectivity index (χ1v) is 4.50. The minimum Gasteiger partial charge on any atom is -0.478 e. The standard InChI is InChI=1S/C10H18O4/c1-10(2,13-3)6-8-14-7-4-5-9(11)12/h4-5H,6-8H2,1-3H3,(H,11,12)/b5-4+. The van der Waals surface area contributed by atoms with Crippen molar-refractivity contribution in [1.82, 2.24) is 0 Å². The van der Waals surface area contributed by atoms with Crippen molar-refractivity contribution in [2.45, 2.75) is 25.9 Å². The third-order valence-corrected chi connectivity index (χ3v) is 1.88. The molecule has 0 aromatic rings. The maximum atomic E-state index is 10.1. The van der Waals surface area contributed by atoms with Crippen LogP contribution in [-0.2, 0) is 14.3 Å². The van der Waals surface area contributed by atoms with Gasteiger partial charge in [-0.2, -0.15) is 0 Å². The van der Waals surface area contributed by atoms with Crippen molar-refractivity contribution in [1.29, 1.82) is 0 Å². The fourth-order valence-electron chi connectivity index (χ4n) is 0.720. The summed E-state index contributed by atoms with van der Waals surface area (Å²) in [6.45, 7) is 4.84. The zero-order valence-electron chi connectivity index (χ0n) is 8.95. The first-order valence-electron chi connectivity index (χ1n) is 4.50. The van der Waals surface area contributed by atoms with Gasteiger partial charge in [-0.15, -0.1) is 0 Å². The number of carboxylic acids is 1. The Bertz CT molecular complexity index is 196. The quantitative estimate of drug-likeness (QED) is 0.501. The Hall–Kier alpha value is -0.870. The van der Waals surface area contributed by atoms with E-state index in [9.17, 15) is 4.79 Å². The van der Waals surface area contributed by atoms with E-state index in [0.717, 1.165) is 12.5 Å². The van der Waals surface area contributed by atoms with Crippen molar-refractivity contribution in [3.63, 3.8) is 0 Å². The molecule has 0 saturated carbocycles. The lowest BCUT2D eigenvalue weighted by Crippen LogP contribution is -2.24. The zero-order chi connectivity index (χ0) is 11.0. The Morgan fingerprint density at radius 2 is 2.14 bits per heavy atom. The molecule has 0 bridgehead atoms. The Balaban J connectivity index is 3.43. The Kier molecular flexibility index (Phi) is 6.16. The molecule has 0 atom stereocenters. The molecule has 82 valence electrons. The lowest BCUT2D eigenvalue weighted by atomic mass is 10.1. The van der Waals surface area contributed by atoms with E-state index in [0.29, 0.717) is 13.2 Å². The van der Waals surface area contributed by atoms with E-state index in [1.54, 1.807) is 7.11 Å². The minimum absolute atomic E-state index is 0.184. The van der Waals surface area contributed by atoms with Gasteiger partial charge in [0.1, 0.15) is 0 Å². The molecular weight excluding hydrogens is 184 g/mol. The lowest BCUT2D eigenvalue weighted by Gasteiger charge is -2.22. The normalized spacial score (nSPS) is 12.2. The second kappa shape index (κ2) is 6.56. The highest BCUT2D eigenvalue weighted by Crippen LogP contribution is 2.12. The van der Waals surface area contributed by atoms with E-state index in [-0.39, 0.29) is 5.60 Å². The van der Waals surface area contributed by atoms with E-state index in [1.807, 2.05) is 13.8 Å². The number of hydrogen-bond donors (Lipinski definition) is 1. The zero-order valence-corrected chi connectivity index (χ0v) is 8.95. The van der Waals surface area contributed by atoms with Crippen LogP contribution in [-0.4, -0.2) is 37.0 Å². The number of methoxy groups -OCH3 is 1. The molecule has 0 aliphatic heterocycles. The summed E-state index contributed by atoms with van der Waals surface area (Å²) in [6.07, 6.45) is 3.33. The summed E-state index contributed by atoms with van der Waals surface area (Å²) in [5.41, 5.74) is -0.184. The third kappa shape index (κ3) is 7.76. The molecule has 0 radical (unpaired) electrons. The van der Waals surface area contributed by atoms with Gasteiger partial charge in [0.15, 0.2) is 0 Å². The van der Waals surface area contributed by atoms with Crippen LogP contribution in [0.5, 0.6) is 0 Å². The van der Waals surface area contributed by atoms with Crippen molar-refractivity contribution in [3.8, 4) is 0 Å². The maximum absolute atomic E-state index is 10.1. The van der Waals surface area contributed by atoms with E-state index in [2.05, 4.69) is 0 Å². The predicted octanol–water partition coefficient (Wildman–Crippen LogP) is 1.46. The highest BCUT2D eigenvalue weighted by atomic mass is 16.5. The number of ether oxygens (including phenoxy) is 2.